The van der Waals surface area contributed by atoms with Gasteiger partial charge in [0.25, 0.3) is 5.91 Å². The van der Waals surface area contributed by atoms with Crippen molar-refractivity contribution in [3.05, 3.63) is 23.9 Å². The second-order valence-electron chi connectivity index (χ2n) is 6.87. The third-order valence-electron chi connectivity index (χ3n) is 5.16. The third kappa shape index (κ3) is 2.49. The molecule has 4 heterocycles. The van der Waals surface area contributed by atoms with Gasteiger partial charge in [0.05, 0.1) is 5.56 Å². The molecule has 0 radical (unpaired) electrons. The molecule has 2 saturated heterocycles. The smallest absolute Gasteiger partial charge is 0.255 e. The van der Waals surface area contributed by atoms with Crippen molar-refractivity contribution < 1.29 is 4.79 Å². The molecule has 122 valence electrons. The lowest BCUT2D eigenvalue weighted by Crippen LogP contribution is -2.44. The fourth-order valence-corrected chi connectivity index (χ4v) is 4.19. The summed E-state index contributed by atoms with van der Waals surface area (Å²) in [5, 5.41) is 11.4. The largest absolute Gasteiger partial charge is 0.337 e. The molecule has 0 aromatic carbocycles. The maximum absolute atomic E-state index is 12.9. The summed E-state index contributed by atoms with van der Waals surface area (Å²) in [4.78, 5) is 17.5. The van der Waals surface area contributed by atoms with Crippen molar-refractivity contribution in [3.8, 4) is 0 Å². The SMILES string of the molecule is CC(C)N1[C@H]2CC[C@H]1CN(C(=O)c1ccc3nnnn3c1)CC2. The maximum Gasteiger partial charge on any atom is 0.255 e. The number of pyridine rings is 1. The van der Waals surface area contributed by atoms with E-state index in [-0.39, 0.29) is 5.91 Å². The molecule has 0 unspecified atom stereocenters. The van der Waals surface area contributed by atoms with E-state index < -0.39 is 0 Å². The summed E-state index contributed by atoms with van der Waals surface area (Å²) in [6.45, 7) is 6.17. The van der Waals surface area contributed by atoms with Gasteiger partial charge in [-0.05, 0) is 55.7 Å². The highest BCUT2D eigenvalue weighted by Gasteiger charge is 2.39. The molecule has 2 aromatic heterocycles. The first-order valence-electron chi connectivity index (χ1n) is 8.38. The van der Waals surface area contributed by atoms with Gasteiger partial charge in [-0.2, -0.15) is 4.52 Å². The van der Waals surface area contributed by atoms with Crippen LogP contribution in [0.2, 0.25) is 0 Å². The maximum atomic E-state index is 12.9. The molecule has 1 amide bonds. The van der Waals surface area contributed by atoms with Gasteiger partial charge in [-0.1, -0.05) is 0 Å². The van der Waals surface area contributed by atoms with Crippen molar-refractivity contribution in [2.45, 2.75) is 51.2 Å². The molecule has 0 spiro atoms. The van der Waals surface area contributed by atoms with Gasteiger partial charge in [-0.15, -0.1) is 5.10 Å². The van der Waals surface area contributed by atoms with Gasteiger partial charge >= 0.3 is 0 Å². The highest BCUT2D eigenvalue weighted by molar-refractivity contribution is 5.94. The molecule has 7 nitrogen and oxygen atoms in total. The molecule has 2 aromatic rings. The Balaban J connectivity index is 1.57. The van der Waals surface area contributed by atoms with Crippen LogP contribution in [0.15, 0.2) is 18.3 Å². The number of rotatable bonds is 2. The number of carbonyl (C=O) groups excluding carboxylic acids is 1. The number of aromatic nitrogens is 4. The van der Waals surface area contributed by atoms with Crippen molar-refractivity contribution in [1.82, 2.24) is 29.8 Å². The van der Waals surface area contributed by atoms with Gasteiger partial charge in [0.2, 0.25) is 0 Å². The Morgan fingerprint density at radius 1 is 1.22 bits per heavy atom. The number of fused-ring (bicyclic) bond motifs is 3. The molecule has 23 heavy (non-hydrogen) atoms. The quantitative estimate of drug-likeness (QED) is 0.833. The minimum absolute atomic E-state index is 0.0821. The van der Waals surface area contributed by atoms with Crippen LogP contribution in [0, 0.1) is 0 Å². The third-order valence-corrected chi connectivity index (χ3v) is 5.16. The minimum atomic E-state index is 0.0821. The second kappa shape index (κ2) is 5.56. The molecular formula is C16H22N6O. The van der Waals surface area contributed by atoms with Crippen LogP contribution >= 0.6 is 0 Å². The zero-order valence-electron chi connectivity index (χ0n) is 13.6. The summed E-state index contributed by atoms with van der Waals surface area (Å²) in [6, 6.07) is 5.26. The molecule has 0 saturated carbocycles. The topological polar surface area (TPSA) is 66.6 Å². The zero-order chi connectivity index (χ0) is 16.0. The number of hydrogen-bond donors (Lipinski definition) is 0. The Hall–Kier alpha value is -2.02. The van der Waals surface area contributed by atoms with Crippen LogP contribution in [0.4, 0.5) is 0 Å². The highest BCUT2D eigenvalue weighted by atomic mass is 16.2. The number of amides is 1. The number of tetrazole rings is 1. The van der Waals surface area contributed by atoms with E-state index in [0.717, 1.165) is 19.5 Å². The monoisotopic (exact) mass is 314 g/mol. The fraction of sp³-hybridized carbons (Fsp3) is 0.625. The average molecular weight is 314 g/mol. The molecule has 0 N–H and O–H groups in total. The summed E-state index contributed by atoms with van der Waals surface area (Å²) < 4.78 is 1.55. The van der Waals surface area contributed by atoms with E-state index >= 15 is 0 Å². The summed E-state index contributed by atoms with van der Waals surface area (Å²) in [5.41, 5.74) is 1.31. The number of hydrogen-bond acceptors (Lipinski definition) is 5. The van der Waals surface area contributed by atoms with Crippen molar-refractivity contribution in [2.75, 3.05) is 13.1 Å². The van der Waals surface area contributed by atoms with Gasteiger partial charge in [-0.25, -0.2) is 0 Å². The predicted molar refractivity (Wildman–Crippen MR) is 85.1 cm³/mol. The molecule has 2 bridgehead atoms. The van der Waals surface area contributed by atoms with E-state index in [0.29, 0.717) is 29.3 Å². The molecule has 4 rings (SSSR count). The lowest BCUT2D eigenvalue weighted by molar-refractivity contribution is 0.0728. The van der Waals surface area contributed by atoms with Crippen molar-refractivity contribution in [1.29, 1.82) is 0 Å². The van der Waals surface area contributed by atoms with Gasteiger partial charge < -0.3 is 4.90 Å². The summed E-state index contributed by atoms with van der Waals surface area (Å²) in [5.74, 6) is 0.0821. The average Bonchev–Trinajstić information content (AvgIpc) is 3.09. The van der Waals surface area contributed by atoms with Crippen LogP contribution < -0.4 is 0 Å². The molecular weight excluding hydrogens is 292 g/mol. The lowest BCUT2D eigenvalue weighted by Gasteiger charge is -2.32. The zero-order valence-corrected chi connectivity index (χ0v) is 13.6. The number of nitrogens with zero attached hydrogens (tertiary/aromatic N) is 6. The Morgan fingerprint density at radius 3 is 2.87 bits per heavy atom. The Bertz CT molecular complexity index is 726. The van der Waals surface area contributed by atoms with Crippen LogP contribution in [0.1, 0.15) is 43.5 Å². The van der Waals surface area contributed by atoms with Crippen LogP contribution in [0.3, 0.4) is 0 Å². The van der Waals surface area contributed by atoms with Crippen LogP contribution in [0.25, 0.3) is 5.65 Å². The predicted octanol–water partition coefficient (Wildman–Crippen LogP) is 1.21. The first-order valence-corrected chi connectivity index (χ1v) is 8.38. The second-order valence-corrected chi connectivity index (χ2v) is 6.87. The van der Waals surface area contributed by atoms with Crippen LogP contribution in [-0.4, -0.2) is 67.0 Å². The molecule has 2 fully saturated rings. The van der Waals surface area contributed by atoms with Crippen molar-refractivity contribution in [3.63, 3.8) is 0 Å². The molecule has 2 aliphatic rings. The summed E-state index contributed by atoms with van der Waals surface area (Å²) in [6.07, 6.45) is 5.24. The molecule has 2 aliphatic heterocycles. The highest BCUT2D eigenvalue weighted by Crippen LogP contribution is 2.32. The first kappa shape index (κ1) is 14.6. The van der Waals surface area contributed by atoms with Gasteiger partial charge in [0.1, 0.15) is 0 Å². The van der Waals surface area contributed by atoms with Crippen molar-refractivity contribution in [2.24, 2.45) is 0 Å². The van der Waals surface area contributed by atoms with Gasteiger partial charge in [-0.3, -0.25) is 9.69 Å². The van der Waals surface area contributed by atoms with E-state index in [1.165, 1.54) is 12.8 Å². The first-order chi connectivity index (χ1) is 11.1. The van der Waals surface area contributed by atoms with E-state index in [1.54, 1.807) is 16.8 Å². The summed E-state index contributed by atoms with van der Waals surface area (Å²) >= 11 is 0. The lowest BCUT2D eigenvalue weighted by atomic mass is 10.1. The van der Waals surface area contributed by atoms with E-state index in [2.05, 4.69) is 34.3 Å². The Morgan fingerprint density at radius 2 is 2.04 bits per heavy atom. The standard InChI is InChI=1S/C16H22N6O/c1-11(2)22-13-4-5-14(22)10-20(8-7-13)16(23)12-3-6-15-17-18-19-21(15)9-12/h3,6,9,11,13-14H,4-5,7-8,10H2,1-2H3/t13-,14-/m0/s1. The van der Waals surface area contributed by atoms with E-state index in [9.17, 15) is 4.79 Å². The van der Waals surface area contributed by atoms with Crippen LogP contribution in [-0.2, 0) is 0 Å². The van der Waals surface area contributed by atoms with Gasteiger partial charge in [0.15, 0.2) is 5.65 Å². The number of carbonyl (C=O) groups is 1. The van der Waals surface area contributed by atoms with Crippen LogP contribution in [0.5, 0.6) is 0 Å². The molecule has 2 atom stereocenters. The van der Waals surface area contributed by atoms with E-state index in [4.69, 9.17) is 0 Å². The number of likely N-dealkylation sites (tertiary alicyclic amines) is 1. The molecule has 7 heteroatoms. The summed E-state index contributed by atoms with van der Waals surface area (Å²) in [7, 11) is 0. The normalized spacial score (nSPS) is 25.3. The minimum Gasteiger partial charge on any atom is -0.337 e. The van der Waals surface area contributed by atoms with Crippen molar-refractivity contribution >= 4 is 11.6 Å². The van der Waals surface area contributed by atoms with E-state index in [1.807, 2.05) is 11.0 Å². The fourth-order valence-electron chi connectivity index (χ4n) is 4.19. The van der Waals surface area contributed by atoms with Gasteiger partial charge in [0, 0.05) is 37.4 Å². The Labute approximate surface area is 135 Å². The Kier molecular flexibility index (Phi) is 3.52. The molecule has 0 aliphatic carbocycles.